The predicted molar refractivity (Wildman–Crippen MR) is 152 cm³/mol. The van der Waals surface area contributed by atoms with Crippen LogP contribution in [0.15, 0.2) is 94.4 Å². The Bertz CT molecular complexity index is 1540. The van der Waals surface area contributed by atoms with Gasteiger partial charge in [0.15, 0.2) is 5.76 Å². The molecule has 0 atom stereocenters. The predicted octanol–water partition coefficient (Wildman–Crippen LogP) is 5.62. The molecule has 1 aliphatic rings. The molecule has 2 N–H and O–H groups in total. The molecular weight excluding hydrogens is 506 g/mol. The zero-order chi connectivity index (χ0) is 28.1. The first-order valence-electron chi connectivity index (χ1n) is 13.1. The van der Waals surface area contributed by atoms with E-state index in [1.165, 1.54) is 7.11 Å². The number of esters is 1. The quantitative estimate of drug-likeness (QED) is 0.236. The largest absolute Gasteiger partial charge is 0.465 e. The number of nitrogens with one attached hydrogen (secondary N) is 2. The number of carbonyl (C=O) groups is 3. The number of fused-ring (bicyclic) bond motifs is 1. The number of amides is 2. The van der Waals surface area contributed by atoms with Gasteiger partial charge in [0.1, 0.15) is 5.76 Å². The third-order valence-corrected chi connectivity index (χ3v) is 6.94. The molecule has 0 saturated heterocycles. The molecule has 3 aromatic carbocycles. The summed E-state index contributed by atoms with van der Waals surface area (Å²) in [7, 11) is 1.28. The molecule has 1 aliphatic carbocycles. The van der Waals surface area contributed by atoms with Crippen LogP contribution in [-0.2, 0) is 16.0 Å². The number of methoxy groups -OCH3 is 1. The van der Waals surface area contributed by atoms with Crippen molar-refractivity contribution >= 4 is 29.2 Å². The van der Waals surface area contributed by atoms with E-state index in [1.807, 2.05) is 60.7 Å². The Morgan fingerprint density at radius 1 is 0.875 bits per heavy atom. The van der Waals surface area contributed by atoms with Crippen molar-refractivity contribution in [1.82, 2.24) is 5.43 Å². The zero-order valence-corrected chi connectivity index (χ0v) is 22.3. The number of hydrogen-bond donors (Lipinski definition) is 2. The number of furan rings is 1. The maximum atomic E-state index is 13.5. The van der Waals surface area contributed by atoms with Gasteiger partial charge in [-0.3, -0.25) is 9.59 Å². The van der Waals surface area contributed by atoms with Gasteiger partial charge in [-0.15, -0.1) is 0 Å². The molecule has 0 unspecified atom stereocenters. The summed E-state index contributed by atoms with van der Waals surface area (Å²) in [5.41, 5.74) is 7.07. The lowest BCUT2D eigenvalue weighted by molar-refractivity contribution is -0.121. The number of nitrogens with zero attached hydrogens (tertiary/aromatic N) is 1. The summed E-state index contributed by atoms with van der Waals surface area (Å²) in [6.07, 6.45) is 2.04. The van der Waals surface area contributed by atoms with Crippen molar-refractivity contribution in [2.45, 2.75) is 32.1 Å². The minimum Gasteiger partial charge on any atom is -0.465 e. The molecule has 8 heteroatoms. The Morgan fingerprint density at radius 3 is 2.15 bits per heavy atom. The van der Waals surface area contributed by atoms with Crippen LogP contribution < -0.4 is 10.7 Å². The van der Waals surface area contributed by atoms with Crippen LogP contribution in [0.3, 0.4) is 0 Å². The number of carbonyl (C=O) groups excluding carboxylic acids is 3. The van der Waals surface area contributed by atoms with E-state index in [9.17, 15) is 14.4 Å². The highest BCUT2D eigenvalue weighted by molar-refractivity contribution is 6.11. The number of aryl methyl sites for hydroxylation is 1. The maximum Gasteiger partial charge on any atom is 0.339 e. The molecule has 0 radical (unpaired) electrons. The van der Waals surface area contributed by atoms with Crippen LogP contribution in [0.2, 0.25) is 0 Å². The van der Waals surface area contributed by atoms with Gasteiger partial charge in [0.05, 0.1) is 30.0 Å². The highest BCUT2D eigenvalue weighted by Gasteiger charge is 2.29. The van der Waals surface area contributed by atoms with Gasteiger partial charge in [-0.1, -0.05) is 72.8 Å². The highest BCUT2D eigenvalue weighted by Crippen LogP contribution is 2.31. The summed E-state index contributed by atoms with van der Waals surface area (Å²) in [5.74, 6) is -1.05. The number of ether oxygens (including phenoxy) is 1. The van der Waals surface area contributed by atoms with Crippen LogP contribution in [0.5, 0.6) is 0 Å². The van der Waals surface area contributed by atoms with Gasteiger partial charge >= 0.3 is 5.97 Å². The first kappa shape index (κ1) is 26.6. The van der Waals surface area contributed by atoms with Crippen LogP contribution in [0, 0.1) is 6.92 Å². The van der Waals surface area contributed by atoms with Crippen LogP contribution in [0.4, 0.5) is 5.69 Å². The van der Waals surface area contributed by atoms with E-state index in [0.717, 1.165) is 23.1 Å². The number of para-hydroxylation sites is 1. The standard InChI is InChI=1S/C32H29N3O5/c1-20-27-25(34-35-30(36)28(21-12-5-3-6-13-21)22-14-7-4-8-15-22)18-11-19-26(27)40-29(20)31(37)33-24-17-10-9-16-23(24)32(38)39-2/h3-10,12-17,28H,11,18-19H2,1-2H3,(H,33,37)(H,35,36)/b34-25+. The third-order valence-electron chi connectivity index (χ3n) is 6.94. The SMILES string of the molecule is COC(=O)c1ccccc1NC(=O)c1oc2c(c1C)/C(=N/NC(=O)C(c1ccccc1)c1ccccc1)CCC2. The smallest absolute Gasteiger partial charge is 0.339 e. The lowest BCUT2D eigenvalue weighted by atomic mass is 9.90. The van der Waals surface area contributed by atoms with Crippen LogP contribution in [0.1, 0.15) is 67.7 Å². The molecule has 0 bridgehead atoms. The van der Waals surface area contributed by atoms with E-state index in [1.54, 1.807) is 31.2 Å². The molecule has 40 heavy (non-hydrogen) atoms. The van der Waals surface area contributed by atoms with E-state index < -0.39 is 17.8 Å². The summed E-state index contributed by atoms with van der Waals surface area (Å²) in [6, 6.07) is 25.8. The van der Waals surface area contributed by atoms with Gasteiger partial charge in [0, 0.05) is 17.5 Å². The van der Waals surface area contributed by atoms with Gasteiger partial charge in [-0.2, -0.15) is 5.10 Å². The van der Waals surface area contributed by atoms with E-state index in [-0.39, 0.29) is 17.2 Å². The monoisotopic (exact) mass is 535 g/mol. The molecule has 8 nitrogen and oxygen atoms in total. The summed E-state index contributed by atoms with van der Waals surface area (Å²) < 4.78 is 10.8. The van der Waals surface area contributed by atoms with Gasteiger partial charge in [-0.05, 0) is 43.0 Å². The van der Waals surface area contributed by atoms with Gasteiger partial charge in [0.25, 0.3) is 11.8 Å². The summed E-state index contributed by atoms with van der Waals surface area (Å²) in [6.45, 7) is 1.79. The van der Waals surface area contributed by atoms with E-state index in [0.29, 0.717) is 35.6 Å². The second kappa shape index (κ2) is 11.8. The van der Waals surface area contributed by atoms with Crippen LogP contribution >= 0.6 is 0 Å². The Morgan fingerprint density at radius 2 is 1.50 bits per heavy atom. The number of rotatable bonds is 7. The number of anilines is 1. The molecule has 0 fully saturated rings. The molecule has 1 aromatic heterocycles. The van der Waals surface area contributed by atoms with Gasteiger partial charge in [0.2, 0.25) is 0 Å². The molecular formula is C32H29N3O5. The third kappa shape index (κ3) is 5.42. The number of hydrogen-bond acceptors (Lipinski definition) is 6. The molecule has 1 heterocycles. The molecule has 0 spiro atoms. The summed E-state index contributed by atoms with van der Waals surface area (Å²) in [4.78, 5) is 38.8. The molecule has 202 valence electrons. The van der Waals surface area contributed by atoms with Crippen molar-refractivity contribution in [1.29, 1.82) is 0 Å². The summed E-state index contributed by atoms with van der Waals surface area (Å²) in [5, 5.41) is 7.29. The average Bonchev–Trinajstić information content (AvgIpc) is 3.34. The molecule has 0 saturated carbocycles. The lowest BCUT2D eigenvalue weighted by Gasteiger charge is -2.18. The minimum atomic E-state index is -0.555. The molecule has 5 rings (SSSR count). The lowest BCUT2D eigenvalue weighted by Crippen LogP contribution is -2.28. The minimum absolute atomic E-state index is 0.136. The van der Waals surface area contributed by atoms with Crippen molar-refractivity contribution < 1.29 is 23.5 Å². The molecule has 4 aromatic rings. The molecule has 2 amide bonds. The van der Waals surface area contributed by atoms with E-state index in [2.05, 4.69) is 15.8 Å². The fraction of sp³-hybridized carbons (Fsp3) is 0.188. The fourth-order valence-corrected chi connectivity index (χ4v) is 5.03. The fourth-order valence-electron chi connectivity index (χ4n) is 5.03. The van der Waals surface area contributed by atoms with E-state index >= 15 is 0 Å². The number of benzene rings is 3. The normalized spacial score (nSPS) is 13.5. The Balaban J connectivity index is 1.41. The topological polar surface area (TPSA) is 110 Å². The van der Waals surface area contributed by atoms with Crippen molar-refractivity contribution in [2.75, 3.05) is 12.4 Å². The molecule has 0 aliphatic heterocycles. The van der Waals surface area contributed by atoms with Crippen molar-refractivity contribution in [2.24, 2.45) is 5.10 Å². The van der Waals surface area contributed by atoms with Crippen LogP contribution in [-0.4, -0.2) is 30.6 Å². The summed E-state index contributed by atoms with van der Waals surface area (Å²) >= 11 is 0. The Hall–Kier alpha value is -4.98. The number of hydrazone groups is 1. The zero-order valence-electron chi connectivity index (χ0n) is 22.3. The second-order valence-corrected chi connectivity index (χ2v) is 9.49. The first-order valence-corrected chi connectivity index (χ1v) is 13.1. The van der Waals surface area contributed by atoms with Crippen molar-refractivity contribution in [3.8, 4) is 0 Å². The maximum absolute atomic E-state index is 13.5. The Labute approximate surface area is 232 Å². The average molecular weight is 536 g/mol. The highest BCUT2D eigenvalue weighted by atomic mass is 16.5. The van der Waals surface area contributed by atoms with E-state index in [4.69, 9.17) is 9.15 Å². The van der Waals surface area contributed by atoms with Crippen molar-refractivity contribution in [3.05, 3.63) is 124 Å². The van der Waals surface area contributed by atoms with Crippen LogP contribution in [0.25, 0.3) is 0 Å². The Kier molecular flexibility index (Phi) is 7.87. The van der Waals surface area contributed by atoms with Gasteiger partial charge < -0.3 is 14.5 Å². The van der Waals surface area contributed by atoms with Crippen molar-refractivity contribution in [3.63, 3.8) is 0 Å². The first-order chi connectivity index (χ1) is 19.5. The second-order valence-electron chi connectivity index (χ2n) is 9.49. The van der Waals surface area contributed by atoms with Gasteiger partial charge in [-0.25, -0.2) is 10.2 Å².